The van der Waals surface area contributed by atoms with Crippen molar-refractivity contribution in [2.24, 2.45) is 0 Å². The van der Waals surface area contributed by atoms with Crippen LogP contribution in [0.15, 0.2) is 78.6 Å². The molecule has 2 heterocycles. The lowest BCUT2D eigenvalue weighted by atomic mass is 9.95. The number of pyridine rings is 1. The number of carbonyl (C=O) groups excluding carboxylic acids is 2. The lowest BCUT2D eigenvalue weighted by Gasteiger charge is -2.25. The molecule has 4 rings (SSSR count). The molecule has 1 aliphatic heterocycles. The van der Waals surface area contributed by atoms with Gasteiger partial charge in [-0.1, -0.05) is 29.8 Å². The molecule has 1 N–H and O–H groups in total. The number of non-ortho nitro benzene ring substituents is 1. The molecule has 2 aromatic carbocycles. The van der Waals surface area contributed by atoms with Crippen LogP contribution in [-0.2, 0) is 16.1 Å². The van der Waals surface area contributed by atoms with Gasteiger partial charge in [-0.2, -0.15) is 0 Å². The number of rotatable bonds is 5. The Bertz CT molecular complexity index is 1240. The monoisotopic (exact) mass is 449 g/mol. The molecule has 32 heavy (non-hydrogen) atoms. The number of benzene rings is 2. The minimum absolute atomic E-state index is 0.0309. The number of likely N-dealkylation sites (tertiary alicyclic amines) is 1. The second-order valence-corrected chi connectivity index (χ2v) is 7.58. The third-order valence-electron chi connectivity index (χ3n) is 5.13. The zero-order valence-electron chi connectivity index (χ0n) is 16.5. The molecule has 8 nitrogen and oxygen atoms in total. The first kappa shape index (κ1) is 21.2. The number of nitro groups is 1. The molecule has 1 aromatic heterocycles. The minimum Gasteiger partial charge on any atom is -0.507 e. The van der Waals surface area contributed by atoms with Gasteiger partial charge in [-0.05, 0) is 41.5 Å². The standard InChI is InChI=1S/C23H16ClN3O5/c24-17-8-6-15(7-9-17)21(28)19-20(16-4-1-5-18(11-16)27(31)32)26(23(30)22(19)29)13-14-3-2-10-25-12-14/h1-12,20,28H,13H2/b21-19+/t20-/m1/s1. The Morgan fingerprint density at radius 3 is 2.53 bits per heavy atom. The maximum Gasteiger partial charge on any atom is 0.295 e. The second kappa shape index (κ2) is 8.60. The lowest BCUT2D eigenvalue weighted by Crippen LogP contribution is -2.29. The summed E-state index contributed by atoms with van der Waals surface area (Å²) in [4.78, 5) is 42.0. The van der Waals surface area contributed by atoms with Gasteiger partial charge in [-0.25, -0.2) is 0 Å². The third-order valence-corrected chi connectivity index (χ3v) is 5.38. The number of Topliss-reactive ketones (excluding diaryl/α,β-unsaturated/α-hetero) is 1. The van der Waals surface area contributed by atoms with Crippen molar-refractivity contribution in [3.63, 3.8) is 0 Å². The van der Waals surface area contributed by atoms with Gasteiger partial charge in [0.2, 0.25) is 0 Å². The number of halogens is 1. The number of hydrogen-bond donors (Lipinski definition) is 1. The van der Waals surface area contributed by atoms with E-state index in [4.69, 9.17) is 11.6 Å². The number of carbonyl (C=O) groups is 2. The highest BCUT2D eigenvalue weighted by Crippen LogP contribution is 2.41. The van der Waals surface area contributed by atoms with Crippen LogP contribution in [0.1, 0.15) is 22.7 Å². The number of nitrogens with zero attached hydrogens (tertiary/aromatic N) is 3. The molecule has 1 fully saturated rings. The molecule has 0 aliphatic carbocycles. The van der Waals surface area contributed by atoms with E-state index in [-0.39, 0.29) is 23.6 Å². The molecule has 1 saturated heterocycles. The molecule has 1 aliphatic rings. The normalized spacial score (nSPS) is 17.5. The van der Waals surface area contributed by atoms with Crippen molar-refractivity contribution in [3.8, 4) is 0 Å². The van der Waals surface area contributed by atoms with Gasteiger partial charge in [0.15, 0.2) is 0 Å². The van der Waals surface area contributed by atoms with Crippen LogP contribution < -0.4 is 0 Å². The van der Waals surface area contributed by atoms with Gasteiger partial charge in [0, 0.05) is 41.7 Å². The maximum absolute atomic E-state index is 13.0. The molecule has 0 bridgehead atoms. The lowest BCUT2D eigenvalue weighted by molar-refractivity contribution is -0.384. The molecule has 160 valence electrons. The van der Waals surface area contributed by atoms with E-state index in [2.05, 4.69) is 4.98 Å². The van der Waals surface area contributed by atoms with Crippen molar-refractivity contribution >= 4 is 34.7 Å². The zero-order valence-corrected chi connectivity index (χ0v) is 17.3. The van der Waals surface area contributed by atoms with Crippen LogP contribution in [0.25, 0.3) is 5.76 Å². The smallest absolute Gasteiger partial charge is 0.295 e. The van der Waals surface area contributed by atoms with Gasteiger partial charge in [0.25, 0.3) is 17.4 Å². The summed E-state index contributed by atoms with van der Waals surface area (Å²) in [5.41, 5.74) is 0.945. The Morgan fingerprint density at radius 1 is 1.12 bits per heavy atom. The highest BCUT2D eigenvalue weighted by Gasteiger charge is 2.46. The van der Waals surface area contributed by atoms with Crippen LogP contribution in [0.2, 0.25) is 5.02 Å². The number of ketones is 1. The highest BCUT2D eigenvalue weighted by atomic mass is 35.5. The average molecular weight is 450 g/mol. The van der Waals surface area contributed by atoms with Gasteiger partial charge < -0.3 is 10.0 Å². The first-order chi connectivity index (χ1) is 15.4. The van der Waals surface area contributed by atoms with Crippen molar-refractivity contribution in [1.29, 1.82) is 0 Å². The molecular formula is C23H16ClN3O5. The number of amides is 1. The Balaban J connectivity index is 1.89. The van der Waals surface area contributed by atoms with Crippen molar-refractivity contribution in [3.05, 3.63) is 110 Å². The van der Waals surface area contributed by atoms with E-state index in [9.17, 15) is 24.8 Å². The van der Waals surface area contributed by atoms with Crippen molar-refractivity contribution < 1.29 is 19.6 Å². The summed E-state index contributed by atoms with van der Waals surface area (Å²) in [7, 11) is 0. The first-order valence-electron chi connectivity index (χ1n) is 9.54. The molecule has 0 saturated carbocycles. The van der Waals surface area contributed by atoms with Crippen LogP contribution in [0, 0.1) is 10.1 Å². The summed E-state index contributed by atoms with van der Waals surface area (Å²) in [5.74, 6) is -2.08. The fourth-order valence-corrected chi connectivity index (χ4v) is 3.78. The zero-order chi connectivity index (χ0) is 22.8. The van der Waals surface area contributed by atoms with E-state index in [0.29, 0.717) is 21.7 Å². The highest BCUT2D eigenvalue weighted by molar-refractivity contribution is 6.46. The van der Waals surface area contributed by atoms with Gasteiger partial charge in [-0.15, -0.1) is 0 Å². The summed E-state index contributed by atoms with van der Waals surface area (Å²) in [6.45, 7) is 0.0309. The number of nitro benzene ring substituents is 1. The van der Waals surface area contributed by atoms with Crippen molar-refractivity contribution in [1.82, 2.24) is 9.88 Å². The Labute approximate surface area is 187 Å². The summed E-state index contributed by atoms with van der Waals surface area (Å²) in [6, 6.07) is 14.2. The van der Waals surface area contributed by atoms with Gasteiger partial charge in [-0.3, -0.25) is 24.7 Å². The van der Waals surface area contributed by atoms with Crippen LogP contribution in [0.4, 0.5) is 5.69 Å². The van der Waals surface area contributed by atoms with Crippen molar-refractivity contribution in [2.75, 3.05) is 0 Å². The van der Waals surface area contributed by atoms with Crippen LogP contribution >= 0.6 is 11.6 Å². The molecule has 1 amide bonds. The van der Waals surface area contributed by atoms with Crippen molar-refractivity contribution in [2.45, 2.75) is 12.6 Å². The van der Waals surface area contributed by atoms with Crippen LogP contribution in [0.3, 0.4) is 0 Å². The fourth-order valence-electron chi connectivity index (χ4n) is 3.65. The molecule has 0 spiro atoms. The Hall–Kier alpha value is -4.04. The molecular weight excluding hydrogens is 434 g/mol. The summed E-state index contributed by atoms with van der Waals surface area (Å²) >= 11 is 5.92. The predicted molar refractivity (Wildman–Crippen MR) is 117 cm³/mol. The molecule has 3 aromatic rings. The quantitative estimate of drug-likeness (QED) is 0.204. The van der Waals surface area contributed by atoms with E-state index in [0.717, 1.165) is 0 Å². The number of aliphatic hydroxyl groups is 1. The summed E-state index contributed by atoms with van der Waals surface area (Å²) < 4.78 is 0. The van der Waals surface area contributed by atoms with E-state index in [1.54, 1.807) is 42.7 Å². The van der Waals surface area contributed by atoms with E-state index in [1.807, 2.05) is 0 Å². The van der Waals surface area contributed by atoms with E-state index in [1.165, 1.54) is 35.2 Å². The SMILES string of the molecule is O=C1C(=O)N(Cc2cccnc2)[C@H](c2cccc([N+](=O)[O-])c2)/C1=C(\O)c1ccc(Cl)cc1. The Kier molecular flexibility index (Phi) is 5.70. The second-order valence-electron chi connectivity index (χ2n) is 7.15. The topological polar surface area (TPSA) is 114 Å². The van der Waals surface area contributed by atoms with Crippen LogP contribution in [0.5, 0.6) is 0 Å². The number of aliphatic hydroxyl groups excluding tert-OH is 1. The fraction of sp³-hybridized carbons (Fsp3) is 0.0870. The van der Waals surface area contributed by atoms with Crippen LogP contribution in [-0.4, -0.2) is 31.6 Å². The molecule has 9 heteroatoms. The molecule has 0 unspecified atom stereocenters. The summed E-state index contributed by atoms with van der Waals surface area (Å²) in [5, 5.41) is 22.7. The predicted octanol–water partition coefficient (Wildman–Crippen LogP) is 4.27. The van der Waals surface area contributed by atoms with Gasteiger partial charge in [0.05, 0.1) is 16.5 Å². The largest absolute Gasteiger partial charge is 0.507 e. The number of aromatic nitrogens is 1. The van der Waals surface area contributed by atoms with Gasteiger partial charge in [0.1, 0.15) is 5.76 Å². The Morgan fingerprint density at radius 2 is 1.88 bits per heavy atom. The van der Waals surface area contributed by atoms with E-state index < -0.39 is 22.7 Å². The maximum atomic E-state index is 13.0. The van der Waals surface area contributed by atoms with E-state index >= 15 is 0 Å². The minimum atomic E-state index is -1.02. The summed E-state index contributed by atoms with van der Waals surface area (Å²) in [6.07, 6.45) is 3.14. The molecule has 0 radical (unpaired) electrons. The average Bonchev–Trinajstić information content (AvgIpc) is 3.05. The first-order valence-corrected chi connectivity index (χ1v) is 9.92. The third kappa shape index (κ3) is 3.95. The van der Waals surface area contributed by atoms with Gasteiger partial charge >= 0.3 is 0 Å². The number of hydrogen-bond acceptors (Lipinski definition) is 6. The molecule has 1 atom stereocenters.